The van der Waals surface area contributed by atoms with E-state index >= 15 is 0 Å². The van der Waals surface area contributed by atoms with Crippen molar-refractivity contribution in [2.45, 2.75) is 0 Å². The minimum atomic E-state index is -3.81. The summed E-state index contributed by atoms with van der Waals surface area (Å²) >= 11 is 18.1. The molecule has 0 aliphatic rings. The first-order chi connectivity index (χ1) is 13.2. The maximum atomic E-state index is 12.6. The Hall–Kier alpha value is -1.99. The Bertz CT molecular complexity index is 1160. The fourth-order valence-corrected chi connectivity index (χ4v) is 4.29. The van der Waals surface area contributed by atoms with Gasteiger partial charge >= 0.3 is 0 Å². The van der Waals surface area contributed by atoms with E-state index in [-0.39, 0.29) is 20.8 Å². The molecule has 0 heterocycles. The molecule has 3 aromatic carbocycles. The van der Waals surface area contributed by atoms with Gasteiger partial charge in [0, 0.05) is 11.1 Å². The molecule has 0 unspecified atom stereocenters. The van der Waals surface area contributed by atoms with Gasteiger partial charge in [0.2, 0.25) is 15.9 Å². The van der Waals surface area contributed by atoms with Gasteiger partial charge in [-0.3, -0.25) is 9.10 Å². The van der Waals surface area contributed by atoms with Gasteiger partial charge in [-0.05, 0) is 23.6 Å². The molecule has 0 saturated carbocycles. The molecule has 3 rings (SSSR count). The molecule has 0 spiro atoms. The van der Waals surface area contributed by atoms with E-state index in [1.165, 1.54) is 12.1 Å². The largest absolute Gasteiger partial charge is 0.324 e. The van der Waals surface area contributed by atoms with Crippen LogP contribution in [0.4, 0.5) is 11.4 Å². The standard InChI is InChI=1S/C19H15Cl3N2O3S/c1-28(26,27)24(18-10-15(21)14(20)9-16(18)22)11-19(25)23-17-8-4-6-12-5-2-3-7-13(12)17/h2-10H,11H2,1H3,(H,23,25). The van der Waals surface area contributed by atoms with E-state index in [1.807, 2.05) is 36.4 Å². The molecule has 0 aliphatic carbocycles. The average molecular weight is 458 g/mol. The van der Waals surface area contributed by atoms with Gasteiger partial charge in [0.1, 0.15) is 6.54 Å². The lowest BCUT2D eigenvalue weighted by Gasteiger charge is -2.23. The van der Waals surface area contributed by atoms with Crippen LogP contribution in [0.1, 0.15) is 0 Å². The molecule has 0 bridgehead atoms. The van der Waals surface area contributed by atoms with Gasteiger partial charge in [-0.1, -0.05) is 71.2 Å². The van der Waals surface area contributed by atoms with E-state index < -0.39 is 22.5 Å². The fraction of sp³-hybridized carbons (Fsp3) is 0.105. The Morgan fingerprint density at radius 1 is 0.964 bits per heavy atom. The van der Waals surface area contributed by atoms with Gasteiger partial charge in [0.05, 0.1) is 27.0 Å². The number of amides is 1. The number of carbonyl (C=O) groups excluding carboxylic acids is 1. The van der Waals surface area contributed by atoms with Crippen molar-refractivity contribution in [3.8, 4) is 0 Å². The molecule has 146 valence electrons. The third-order valence-corrected chi connectivity index (χ3v) is 6.16. The second kappa shape index (κ2) is 8.17. The number of anilines is 2. The van der Waals surface area contributed by atoms with Crippen LogP contribution in [0.15, 0.2) is 54.6 Å². The van der Waals surface area contributed by atoms with Crippen LogP contribution in [-0.4, -0.2) is 27.1 Å². The van der Waals surface area contributed by atoms with Crippen LogP contribution in [-0.2, 0) is 14.8 Å². The van der Waals surface area contributed by atoms with Crippen molar-refractivity contribution in [1.29, 1.82) is 0 Å². The summed E-state index contributed by atoms with van der Waals surface area (Å²) in [5, 5.41) is 4.93. The number of sulfonamides is 1. The summed E-state index contributed by atoms with van der Waals surface area (Å²) in [5.41, 5.74) is 0.656. The Labute approximate surface area is 177 Å². The van der Waals surface area contributed by atoms with E-state index in [1.54, 1.807) is 6.07 Å². The van der Waals surface area contributed by atoms with Crippen molar-refractivity contribution in [2.24, 2.45) is 0 Å². The molecule has 1 N–H and O–H groups in total. The minimum Gasteiger partial charge on any atom is -0.324 e. The topological polar surface area (TPSA) is 66.5 Å². The molecule has 0 radical (unpaired) electrons. The Balaban J connectivity index is 1.92. The molecule has 28 heavy (non-hydrogen) atoms. The minimum absolute atomic E-state index is 0.0674. The normalized spacial score (nSPS) is 11.4. The van der Waals surface area contributed by atoms with Crippen molar-refractivity contribution in [2.75, 3.05) is 22.4 Å². The maximum Gasteiger partial charge on any atom is 0.245 e. The van der Waals surface area contributed by atoms with Gasteiger partial charge in [-0.2, -0.15) is 0 Å². The summed E-state index contributed by atoms with van der Waals surface area (Å²) < 4.78 is 25.5. The molecule has 3 aromatic rings. The molecule has 1 amide bonds. The lowest BCUT2D eigenvalue weighted by Crippen LogP contribution is -2.37. The van der Waals surface area contributed by atoms with Crippen molar-refractivity contribution in [3.63, 3.8) is 0 Å². The van der Waals surface area contributed by atoms with Crippen LogP contribution in [0.25, 0.3) is 10.8 Å². The predicted octanol–water partition coefficient (Wildman–Crippen LogP) is 5.20. The van der Waals surface area contributed by atoms with Gasteiger partial charge < -0.3 is 5.32 Å². The number of nitrogens with one attached hydrogen (secondary N) is 1. The average Bonchev–Trinajstić information content (AvgIpc) is 2.62. The zero-order valence-corrected chi connectivity index (χ0v) is 17.7. The zero-order valence-electron chi connectivity index (χ0n) is 14.6. The van der Waals surface area contributed by atoms with Gasteiger partial charge in [0.15, 0.2) is 0 Å². The third-order valence-electron chi connectivity index (χ3n) is 4.01. The summed E-state index contributed by atoms with van der Waals surface area (Å²) in [6.07, 6.45) is 0.983. The first-order valence-corrected chi connectivity index (χ1v) is 11.0. The number of halogens is 3. The molecule has 0 saturated heterocycles. The third kappa shape index (κ3) is 4.52. The Kier molecular flexibility index (Phi) is 6.05. The summed E-state index contributed by atoms with van der Waals surface area (Å²) in [7, 11) is -3.81. The number of fused-ring (bicyclic) bond motifs is 1. The maximum absolute atomic E-state index is 12.6. The van der Waals surface area contributed by atoms with E-state index in [0.717, 1.165) is 21.3 Å². The van der Waals surface area contributed by atoms with E-state index in [2.05, 4.69) is 5.32 Å². The highest BCUT2D eigenvalue weighted by atomic mass is 35.5. The number of hydrogen-bond acceptors (Lipinski definition) is 3. The Morgan fingerprint density at radius 2 is 1.61 bits per heavy atom. The lowest BCUT2D eigenvalue weighted by molar-refractivity contribution is -0.114. The highest BCUT2D eigenvalue weighted by molar-refractivity contribution is 7.92. The van der Waals surface area contributed by atoms with Gasteiger partial charge in [0.25, 0.3) is 0 Å². The van der Waals surface area contributed by atoms with E-state index in [0.29, 0.717) is 5.69 Å². The molecular weight excluding hydrogens is 443 g/mol. The van der Waals surface area contributed by atoms with Crippen LogP contribution in [0.2, 0.25) is 15.1 Å². The predicted molar refractivity (Wildman–Crippen MR) is 116 cm³/mol. The highest BCUT2D eigenvalue weighted by Gasteiger charge is 2.24. The molecular formula is C19H15Cl3N2O3S. The van der Waals surface area contributed by atoms with Crippen LogP contribution < -0.4 is 9.62 Å². The molecule has 5 nitrogen and oxygen atoms in total. The number of nitrogens with zero attached hydrogens (tertiary/aromatic N) is 1. The summed E-state index contributed by atoms with van der Waals surface area (Å²) in [6, 6.07) is 15.7. The molecule has 0 aromatic heterocycles. The number of benzene rings is 3. The second-order valence-electron chi connectivity index (χ2n) is 6.06. The first kappa shape index (κ1) is 20.7. The fourth-order valence-electron chi connectivity index (χ4n) is 2.74. The zero-order chi connectivity index (χ0) is 20.5. The lowest BCUT2D eigenvalue weighted by atomic mass is 10.1. The summed E-state index contributed by atoms with van der Waals surface area (Å²) in [6.45, 7) is -0.472. The SMILES string of the molecule is CS(=O)(=O)N(CC(=O)Nc1cccc2ccccc12)c1cc(Cl)c(Cl)cc1Cl. The van der Waals surface area contributed by atoms with E-state index in [9.17, 15) is 13.2 Å². The van der Waals surface area contributed by atoms with Crippen LogP contribution in [0.5, 0.6) is 0 Å². The van der Waals surface area contributed by atoms with Crippen molar-refractivity contribution in [1.82, 2.24) is 0 Å². The number of carbonyl (C=O) groups is 1. The molecule has 0 fully saturated rings. The Morgan fingerprint density at radius 3 is 2.32 bits per heavy atom. The molecule has 0 aliphatic heterocycles. The van der Waals surface area contributed by atoms with Crippen LogP contribution in [0, 0.1) is 0 Å². The number of hydrogen-bond donors (Lipinski definition) is 1. The van der Waals surface area contributed by atoms with Gasteiger partial charge in [-0.15, -0.1) is 0 Å². The van der Waals surface area contributed by atoms with Crippen molar-refractivity contribution in [3.05, 3.63) is 69.7 Å². The van der Waals surface area contributed by atoms with Crippen LogP contribution in [0.3, 0.4) is 0 Å². The summed E-state index contributed by atoms with van der Waals surface area (Å²) in [5.74, 6) is -0.524. The van der Waals surface area contributed by atoms with Crippen LogP contribution >= 0.6 is 34.8 Å². The first-order valence-electron chi connectivity index (χ1n) is 8.06. The smallest absolute Gasteiger partial charge is 0.245 e. The molecule has 0 atom stereocenters. The van der Waals surface area contributed by atoms with Crippen molar-refractivity contribution < 1.29 is 13.2 Å². The number of rotatable bonds is 5. The second-order valence-corrected chi connectivity index (χ2v) is 9.19. The van der Waals surface area contributed by atoms with Gasteiger partial charge in [-0.25, -0.2) is 8.42 Å². The van der Waals surface area contributed by atoms with Crippen molar-refractivity contribution >= 4 is 72.9 Å². The van der Waals surface area contributed by atoms with E-state index in [4.69, 9.17) is 34.8 Å². The molecule has 9 heteroatoms. The highest BCUT2D eigenvalue weighted by Crippen LogP contribution is 2.35. The summed E-state index contributed by atoms with van der Waals surface area (Å²) in [4.78, 5) is 12.6. The monoisotopic (exact) mass is 456 g/mol. The quantitative estimate of drug-likeness (QED) is 0.535.